The summed E-state index contributed by atoms with van der Waals surface area (Å²) < 4.78 is 6.22. The van der Waals surface area contributed by atoms with Crippen LogP contribution in [0.3, 0.4) is 0 Å². The first-order valence-corrected chi connectivity index (χ1v) is 9.56. The summed E-state index contributed by atoms with van der Waals surface area (Å²) >= 11 is 0. The lowest BCUT2D eigenvalue weighted by Crippen LogP contribution is -2.22. The number of methoxy groups -OCH3 is 1. The molecule has 0 spiro atoms. The van der Waals surface area contributed by atoms with Gasteiger partial charge in [-0.1, -0.05) is 18.2 Å². The van der Waals surface area contributed by atoms with Crippen LogP contribution in [0.2, 0.25) is 0 Å². The molecule has 7 heteroatoms. The van der Waals surface area contributed by atoms with E-state index >= 15 is 0 Å². The van der Waals surface area contributed by atoms with E-state index in [4.69, 9.17) is 4.74 Å². The van der Waals surface area contributed by atoms with Gasteiger partial charge in [0.25, 0.3) is 11.5 Å². The van der Waals surface area contributed by atoms with Crippen LogP contribution >= 0.6 is 0 Å². The minimum Gasteiger partial charge on any atom is -0.465 e. The second kappa shape index (κ2) is 8.23. The van der Waals surface area contributed by atoms with Crippen LogP contribution in [0.5, 0.6) is 0 Å². The van der Waals surface area contributed by atoms with Crippen LogP contribution in [0.1, 0.15) is 26.5 Å². The molecule has 0 atom stereocenters. The third-order valence-electron chi connectivity index (χ3n) is 4.87. The largest absolute Gasteiger partial charge is 0.465 e. The average molecular weight is 413 g/mol. The first-order chi connectivity index (χ1) is 15.0. The number of benzene rings is 3. The Labute approximate surface area is 177 Å². The van der Waals surface area contributed by atoms with Gasteiger partial charge in [0, 0.05) is 11.3 Å². The highest BCUT2D eigenvalue weighted by Gasteiger charge is 2.12. The van der Waals surface area contributed by atoms with Crippen molar-refractivity contribution in [1.82, 2.24) is 9.55 Å². The van der Waals surface area contributed by atoms with Gasteiger partial charge in [0.2, 0.25) is 0 Å². The molecule has 1 amide bonds. The van der Waals surface area contributed by atoms with Gasteiger partial charge in [0.05, 0.1) is 29.3 Å². The number of carbonyl (C=O) groups is 2. The smallest absolute Gasteiger partial charge is 0.337 e. The minimum absolute atomic E-state index is 0.167. The van der Waals surface area contributed by atoms with Gasteiger partial charge in [-0.25, -0.2) is 9.78 Å². The summed E-state index contributed by atoms with van der Waals surface area (Å²) in [6, 6.07) is 20.3. The fraction of sp³-hybridized carbons (Fsp3) is 0.0833. The second-order valence-electron chi connectivity index (χ2n) is 6.89. The number of esters is 1. The van der Waals surface area contributed by atoms with E-state index in [2.05, 4.69) is 10.3 Å². The molecular formula is C24H19N3O4. The number of anilines is 1. The Bertz CT molecular complexity index is 1360. The number of nitrogens with zero attached hydrogens (tertiary/aromatic N) is 2. The van der Waals surface area contributed by atoms with E-state index < -0.39 is 5.97 Å². The van der Waals surface area contributed by atoms with Crippen molar-refractivity contribution in [3.63, 3.8) is 0 Å². The van der Waals surface area contributed by atoms with Crippen LogP contribution < -0.4 is 10.9 Å². The van der Waals surface area contributed by atoms with Gasteiger partial charge in [0.15, 0.2) is 0 Å². The zero-order chi connectivity index (χ0) is 22.0. The molecule has 0 fully saturated rings. The molecule has 4 rings (SSSR count). The van der Waals surface area contributed by atoms with Crippen LogP contribution in [-0.4, -0.2) is 28.5 Å². The summed E-state index contributed by atoms with van der Waals surface area (Å²) in [7, 11) is 1.30. The van der Waals surface area contributed by atoms with Crippen LogP contribution in [0.4, 0.5) is 5.69 Å². The number of ether oxygens (including phenoxy) is 1. The van der Waals surface area contributed by atoms with Crippen LogP contribution in [0.25, 0.3) is 16.6 Å². The molecule has 0 saturated carbocycles. The number of aromatic nitrogens is 2. The Morgan fingerprint density at radius 1 is 0.935 bits per heavy atom. The first-order valence-electron chi connectivity index (χ1n) is 9.56. The topological polar surface area (TPSA) is 90.3 Å². The van der Waals surface area contributed by atoms with Gasteiger partial charge in [-0.15, -0.1) is 0 Å². The van der Waals surface area contributed by atoms with Gasteiger partial charge >= 0.3 is 5.97 Å². The number of fused-ring (bicyclic) bond motifs is 1. The Kier molecular flexibility index (Phi) is 5.32. The number of rotatable bonds is 4. The fourth-order valence-electron chi connectivity index (χ4n) is 3.35. The molecule has 1 heterocycles. The van der Waals surface area contributed by atoms with E-state index in [0.29, 0.717) is 39.2 Å². The molecule has 3 aromatic carbocycles. The lowest BCUT2D eigenvalue weighted by Gasteiger charge is -2.12. The van der Waals surface area contributed by atoms with Crippen molar-refractivity contribution in [1.29, 1.82) is 0 Å². The Morgan fingerprint density at radius 2 is 1.68 bits per heavy atom. The summed E-state index contributed by atoms with van der Waals surface area (Å²) in [4.78, 5) is 41.7. The second-order valence-corrected chi connectivity index (χ2v) is 6.89. The van der Waals surface area contributed by atoms with Crippen molar-refractivity contribution in [2.24, 2.45) is 0 Å². The van der Waals surface area contributed by atoms with E-state index in [1.165, 1.54) is 11.7 Å². The third kappa shape index (κ3) is 3.93. The molecule has 0 saturated heterocycles. The Balaban J connectivity index is 1.61. The maximum atomic E-state index is 12.9. The van der Waals surface area contributed by atoms with E-state index in [0.717, 1.165) is 0 Å². The average Bonchev–Trinajstić information content (AvgIpc) is 2.79. The number of hydrogen-bond acceptors (Lipinski definition) is 5. The van der Waals surface area contributed by atoms with Crippen LogP contribution in [0, 0.1) is 6.92 Å². The fourth-order valence-corrected chi connectivity index (χ4v) is 3.35. The summed E-state index contributed by atoms with van der Waals surface area (Å²) in [6.45, 7) is 1.77. The molecule has 1 N–H and O–H groups in total. The number of carbonyl (C=O) groups excluding carboxylic acids is 2. The molecule has 0 aliphatic heterocycles. The molecule has 0 aliphatic carbocycles. The van der Waals surface area contributed by atoms with E-state index in [-0.39, 0.29) is 11.5 Å². The maximum absolute atomic E-state index is 12.9. The molecule has 7 nitrogen and oxygen atoms in total. The standard InChI is InChI=1S/C24H19N3O4/c1-15-25-21-9-4-3-8-20(21)23(29)27(15)19-12-10-16(11-13-19)22(28)26-18-7-5-6-17(14-18)24(30)31-2/h3-14H,1-2H3,(H,26,28). The summed E-state index contributed by atoms with van der Waals surface area (Å²) in [5.74, 6) is -0.264. The van der Waals surface area contributed by atoms with Crippen molar-refractivity contribution in [2.75, 3.05) is 12.4 Å². The quantitative estimate of drug-likeness (QED) is 0.515. The van der Waals surface area contributed by atoms with Crippen molar-refractivity contribution < 1.29 is 14.3 Å². The van der Waals surface area contributed by atoms with Gasteiger partial charge in [-0.05, 0) is 61.5 Å². The van der Waals surface area contributed by atoms with Gasteiger partial charge in [-0.3, -0.25) is 14.2 Å². The monoisotopic (exact) mass is 413 g/mol. The van der Waals surface area contributed by atoms with Crippen molar-refractivity contribution >= 4 is 28.5 Å². The van der Waals surface area contributed by atoms with Crippen molar-refractivity contribution in [3.05, 3.63) is 100 Å². The van der Waals surface area contributed by atoms with Gasteiger partial charge in [0.1, 0.15) is 5.82 Å². The maximum Gasteiger partial charge on any atom is 0.337 e. The SMILES string of the molecule is COC(=O)c1cccc(NC(=O)c2ccc(-n3c(C)nc4ccccc4c3=O)cc2)c1. The molecule has 1 aromatic heterocycles. The number of aryl methyl sites for hydroxylation is 1. The Hall–Kier alpha value is -4.26. The van der Waals surface area contributed by atoms with Crippen LogP contribution in [-0.2, 0) is 4.74 Å². The Morgan fingerprint density at radius 3 is 2.42 bits per heavy atom. The van der Waals surface area contributed by atoms with Crippen LogP contribution in [0.15, 0.2) is 77.6 Å². The minimum atomic E-state index is -0.481. The number of hydrogen-bond donors (Lipinski definition) is 1. The van der Waals surface area contributed by atoms with E-state index in [1.807, 2.05) is 6.07 Å². The van der Waals surface area contributed by atoms with Crippen molar-refractivity contribution in [2.45, 2.75) is 6.92 Å². The molecule has 0 unspecified atom stereocenters. The normalized spacial score (nSPS) is 10.6. The predicted octanol–water partition coefficient (Wildman–Crippen LogP) is 3.73. The highest BCUT2D eigenvalue weighted by Crippen LogP contribution is 2.16. The molecule has 31 heavy (non-hydrogen) atoms. The molecule has 0 radical (unpaired) electrons. The highest BCUT2D eigenvalue weighted by atomic mass is 16.5. The summed E-state index contributed by atoms with van der Waals surface area (Å²) in [6.07, 6.45) is 0. The molecular weight excluding hydrogens is 394 g/mol. The van der Waals surface area contributed by atoms with Gasteiger partial charge < -0.3 is 10.1 Å². The molecule has 0 aliphatic rings. The zero-order valence-corrected chi connectivity index (χ0v) is 17.0. The number of amides is 1. The summed E-state index contributed by atoms with van der Waals surface area (Å²) in [5.41, 5.74) is 2.32. The number of nitrogens with one attached hydrogen (secondary N) is 1. The van der Waals surface area contributed by atoms with E-state index in [1.54, 1.807) is 73.7 Å². The molecule has 4 aromatic rings. The highest BCUT2D eigenvalue weighted by molar-refractivity contribution is 6.05. The lowest BCUT2D eigenvalue weighted by molar-refractivity contribution is 0.0600. The zero-order valence-electron chi connectivity index (χ0n) is 17.0. The number of para-hydroxylation sites is 1. The predicted molar refractivity (Wildman–Crippen MR) is 118 cm³/mol. The lowest BCUT2D eigenvalue weighted by atomic mass is 10.1. The van der Waals surface area contributed by atoms with Crippen molar-refractivity contribution in [3.8, 4) is 5.69 Å². The molecule has 0 bridgehead atoms. The summed E-state index contributed by atoms with van der Waals surface area (Å²) in [5, 5.41) is 3.28. The van der Waals surface area contributed by atoms with Gasteiger partial charge in [-0.2, -0.15) is 0 Å². The first kappa shape index (κ1) is 20.0. The third-order valence-corrected chi connectivity index (χ3v) is 4.87. The van der Waals surface area contributed by atoms with E-state index in [9.17, 15) is 14.4 Å². The molecule has 154 valence electrons.